The largest absolute Gasteiger partial charge is 0.378 e. The van der Waals surface area contributed by atoms with Crippen LogP contribution in [-0.4, -0.2) is 29.1 Å². The molecule has 0 spiro atoms. The molecule has 0 aliphatic carbocycles. The second kappa shape index (κ2) is 5.95. The van der Waals surface area contributed by atoms with Gasteiger partial charge in [0, 0.05) is 19.8 Å². The first-order valence-corrected chi connectivity index (χ1v) is 8.73. The predicted molar refractivity (Wildman–Crippen MR) is 82.8 cm³/mol. The highest BCUT2D eigenvalue weighted by Gasteiger charge is 2.30. The third kappa shape index (κ3) is 2.87. The van der Waals surface area contributed by atoms with Crippen molar-refractivity contribution in [2.45, 2.75) is 9.46 Å². The quantitative estimate of drug-likeness (QED) is 0.911. The van der Waals surface area contributed by atoms with Crippen LogP contribution in [0.25, 0.3) is 0 Å². The van der Waals surface area contributed by atoms with E-state index in [0.29, 0.717) is 10.8 Å². The van der Waals surface area contributed by atoms with Crippen LogP contribution < -0.4 is 10.6 Å². The molecule has 6 heteroatoms. The molecule has 4 nitrogen and oxygen atoms in total. The Morgan fingerprint density at radius 1 is 1.20 bits per heavy atom. The summed E-state index contributed by atoms with van der Waals surface area (Å²) in [7, 11) is 0.558. The van der Waals surface area contributed by atoms with E-state index < -0.39 is 15.1 Å². The van der Waals surface area contributed by atoms with Crippen molar-refractivity contribution in [3.63, 3.8) is 0 Å². The van der Waals surface area contributed by atoms with E-state index in [0.717, 1.165) is 11.3 Å². The Kier molecular flexibility index (Phi) is 4.47. The Morgan fingerprint density at radius 3 is 2.30 bits per heavy atom. The van der Waals surface area contributed by atoms with Crippen LogP contribution in [0.1, 0.15) is 10.8 Å². The van der Waals surface area contributed by atoms with Gasteiger partial charge in [-0.05, 0) is 29.1 Å². The molecule has 0 aliphatic heterocycles. The molecule has 0 unspecified atom stereocenters. The number of rotatable bonds is 5. The normalized spacial score (nSPS) is 13.2. The topological polar surface area (TPSA) is 65.0 Å². The lowest BCUT2D eigenvalue weighted by Crippen LogP contribution is -2.54. The average molecular weight is 311 g/mol. The Bertz CT molecular complexity index is 647. The Hall–Kier alpha value is -1.37. The maximum Gasteiger partial charge on any atom is 0.200 e. The van der Waals surface area contributed by atoms with Gasteiger partial charge in [0.2, 0.25) is 0 Å². The number of quaternary nitrogens is 1. The highest BCUT2D eigenvalue weighted by Crippen LogP contribution is 2.31. The van der Waals surface area contributed by atoms with E-state index in [9.17, 15) is 8.42 Å². The molecule has 0 saturated heterocycles. The molecule has 1 heterocycles. The van der Waals surface area contributed by atoms with Gasteiger partial charge in [-0.25, -0.2) is 8.42 Å². The summed E-state index contributed by atoms with van der Waals surface area (Å²) < 4.78 is 25.6. The summed E-state index contributed by atoms with van der Waals surface area (Å²) in [4.78, 5) is 1.98. The van der Waals surface area contributed by atoms with Crippen LogP contribution in [0.2, 0.25) is 0 Å². The van der Waals surface area contributed by atoms with Crippen molar-refractivity contribution in [2.24, 2.45) is 0 Å². The smallest absolute Gasteiger partial charge is 0.200 e. The fourth-order valence-electron chi connectivity index (χ4n) is 2.05. The van der Waals surface area contributed by atoms with Crippen molar-refractivity contribution < 1.29 is 14.2 Å². The molecule has 0 fully saturated rings. The maximum absolute atomic E-state index is 12.6. The standard InChI is InChI=1S/C14H18N2O2S2/c1-16(2)12-7-5-11(6-8-12)13(10-15)20(17,18)14-4-3-9-19-14/h3-9,13H,10,15H2,1-2H3/p+1/t13-/m0/s1. The van der Waals surface area contributed by atoms with Crippen molar-refractivity contribution in [3.05, 3.63) is 47.3 Å². The Balaban J connectivity index is 2.38. The van der Waals surface area contributed by atoms with E-state index in [2.05, 4.69) is 5.73 Å². The van der Waals surface area contributed by atoms with Crippen molar-refractivity contribution in [1.82, 2.24) is 0 Å². The Labute approximate surface area is 123 Å². The summed E-state index contributed by atoms with van der Waals surface area (Å²) in [6.45, 7) is 0.321. The summed E-state index contributed by atoms with van der Waals surface area (Å²) >= 11 is 1.25. The minimum Gasteiger partial charge on any atom is -0.378 e. The summed E-state index contributed by atoms with van der Waals surface area (Å²) in [5.74, 6) is 0. The van der Waals surface area contributed by atoms with Gasteiger partial charge in [-0.3, -0.25) is 0 Å². The molecule has 0 saturated carbocycles. The SMILES string of the molecule is CN(C)c1ccc([C@H](C[NH3+])S(=O)(=O)c2cccs2)cc1. The molecule has 0 bridgehead atoms. The summed E-state index contributed by atoms with van der Waals surface area (Å²) in [6.07, 6.45) is 0. The number of nitrogens with zero attached hydrogens (tertiary/aromatic N) is 1. The lowest BCUT2D eigenvalue weighted by Gasteiger charge is -2.16. The first kappa shape index (κ1) is 15.0. The van der Waals surface area contributed by atoms with Crippen molar-refractivity contribution >= 4 is 26.9 Å². The minimum absolute atomic E-state index is 0.321. The molecule has 0 amide bonds. The molecule has 1 aromatic carbocycles. The maximum atomic E-state index is 12.6. The molecule has 1 atom stereocenters. The van der Waals surface area contributed by atoms with Crippen LogP contribution in [0.5, 0.6) is 0 Å². The number of thiophene rings is 1. The van der Waals surface area contributed by atoms with Gasteiger partial charge in [-0.1, -0.05) is 18.2 Å². The van der Waals surface area contributed by atoms with Gasteiger partial charge in [0.15, 0.2) is 9.84 Å². The third-order valence-electron chi connectivity index (χ3n) is 3.19. The van der Waals surface area contributed by atoms with E-state index in [4.69, 9.17) is 0 Å². The molecule has 0 radical (unpaired) electrons. The molecular formula is C14H19N2O2S2+. The molecule has 2 aromatic rings. The lowest BCUT2D eigenvalue weighted by molar-refractivity contribution is -0.367. The lowest BCUT2D eigenvalue weighted by atomic mass is 10.1. The van der Waals surface area contributed by atoms with Gasteiger partial charge in [0.25, 0.3) is 0 Å². The fourth-order valence-corrected chi connectivity index (χ4v) is 4.93. The number of anilines is 1. The van der Waals surface area contributed by atoms with Crippen molar-refractivity contribution in [1.29, 1.82) is 0 Å². The van der Waals surface area contributed by atoms with E-state index in [-0.39, 0.29) is 0 Å². The number of hydrogen-bond acceptors (Lipinski definition) is 4. The van der Waals surface area contributed by atoms with Crippen LogP contribution in [-0.2, 0) is 9.84 Å². The van der Waals surface area contributed by atoms with Gasteiger partial charge < -0.3 is 10.6 Å². The average Bonchev–Trinajstić information content (AvgIpc) is 2.94. The van der Waals surface area contributed by atoms with E-state index in [1.165, 1.54) is 11.3 Å². The van der Waals surface area contributed by atoms with E-state index in [1.54, 1.807) is 17.5 Å². The monoisotopic (exact) mass is 311 g/mol. The molecule has 0 aliphatic rings. The van der Waals surface area contributed by atoms with E-state index >= 15 is 0 Å². The van der Waals surface area contributed by atoms with E-state index in [1.807, 2.05) is 43.3 Å². The second-order valence-corrected chi connectivity index (χ2v) is 8.05. The zero-order valence-electron chi connectivity index (χ0n) is 11.6. The Morgan fingerprint density at radius 2 is 1.85 bits per heavy atom. The molecular weight excluding hydrogens is 292 g/mol. The van der Waals surface area contributed by atoms with Gasteiger partial charge in [0.05, 0.1) is 6.54 Å². The van der Waals surface area contributed by atoms with Crippen LogP contribution in [0.4, 0.5) is 5.69 Å². The summed E-state index contributed by atoms with van der Waals surface area (Å²) in [5.41, 5.74) is 5.65. The van der Waals surface area contributed by atoms with Crippen LogP contribution in [0.3, 0.4) is 0 Å². The van der Waals surface area contributed by atoms with Crippen LogP contribution >= 0.6 is 11.3 Å². The molecule has 2 rings (SSSR count). The number of benzene rings is 1. The zero-order valence-corrected chi connectivity index (χ0v) is 13.2. The summed E-state index contributed by atoms with van der Waals surface area (Å²) in [6, 6.07) is 11.0. The molecule has 3 N–H and O–H groups in total. The summed E-state index contributed by atoms with van der Waals surface area (Å²) in [5, 5.41) is 1.19. The van der Waals surface area contributed by atoms with Gasteiger partial charge in [-0.15, -0.1) is 11.3 Å². The minimum atomic E-state index is -3.35. The third-order valence-corrected chi connectivity index (χ3v) is 6.79. The first-order chi connectivity index (χ1) is 9.46. The molecule has 108 valence electrons. The predicted octanol–water partition coefficient (Wildman–Crippen LogP) is 1.57. The fraction of sp³-hybridized carbons (Fsp3) is 0.286. The van der Waals surface area contributed by atoms with Crippen molar-refractivity contribution in [3.8, 4) is 0 Å². The first-order valence-electron chi connectivity index (χ1n) is 6.30. The van der Waals surface area contributed by atoms with Crippen LogP contribution in [0, 0.1) is 0 Å². The zero-order chi connectivity index (χ0) is 14.8. The van der Waals surface area contributed by atoms with Gasteiger partial charge in [-0.2, -0.15) is 0 Å². The number of sulfone groups is 1. The van der Waals surface area contributed by atoms with Gasteiger partial charge >= 0.3 is 0 Å². The van der Waals surface area contributed by atoms with Crippen LogP contribution in [0.15, 0.2) is 46.0 Å². The van der Waals surface area contributed by atoms with Gasteiger partial charge in [0.1, 0.15) is 9.46 Å². The highest BCUT2D eigenvalue weighted by atomic mass is 32.2. The number of hydrogen-bond donors (Lipinski definition) is 1. The van der Waals surface area contributed by atoms with Crippen molar-refractivity contribution in [2.75, 3.05) is 25.5 Å². The molecule has 20 heavy (non-hydrogen) atoms. The molecule has 1 aromatic heterocycles. The highest BCUT2D eigenvalue weighted by molar-refractivity contribution is 7.93. The second-order valence-electron chi connectivity index (χ2n) is 4.74.